The molecule has 1 atom stereocenters. The Balaban J connectivity index is 2.98. The number of hydrogen-bond acceptors (Lipinski definition) is 3. The van der Waals surface area contributed by atoms with Crippen molar-refractivity contribution < 1.29 is 23.4 Å². The minimum absolute atomic E-state index is 0.139. The number of rotatable bonds is 5. The van der Waals surface area contributed by atoms with Gasteiger partial charge in [-0.05, 0) is 31.0 Å². The van der Waals surface area contributed by atoms with Crippen LogP contribution in [0.1, 0.15) is 24.5 Å². The average Bonchev–Trinajstić information content (AvgIpc) is 2.34. The quantitative estimate of drug-likeness (QED) is 0.868. The largest absolute Gasteiger partial charge is 0.416 e. The fourth-order valence-corrected chi connectivity index (χ4v) is 1.71. The Kier molecular flexibility index (Phi) is 5.20. The van der Waals surface area contributed by atoms with Crippen LogP contribution in [0.15, 0.2) is 18.2 Å². The first-order valence-electron chi connectivity index (χ1n) is 5.96. The number of alkyl halides is 3. The van der Waals surface area contributed by atoms with Crippen LogP contribution in [0.3, 0.4) is 0 Å². The van der Waals surface area contributed by atoms with E-state index in [2.05, 4.69) is 0 Å². The van der Waals surface area contributed by atoms with E-state index in [4.69, 9.17) is 5.11 Å². The van der Waals surface area contributed by atoms with E-state index in [1.807, 2.05) is 0 Å². The predicted octanol–water partition coefficient (Wildman–Crippen LogP) is 2.40. The first-order chi connectivity index (χ1) is 8.75. The Labute approximate surface area is 110 Å². The zero-order valence-corrected chi connectivity index (χ0v) is 10.9. The summed E-state index contributed by atoms with van der Waals surface area (Å²) >= 11 is 0. The summed E-state index contributed by atoms with van der Waals surface area (Å²) in [5.74, 6) is 0. The monoisotopic (exact) mass is 277 g/mol. The van der Waals surface area contributed by atoms with Crippen molar-refractivity contribution >= 4 is 5.69 Å². The van der Waals surface area contributed by atoms with Gasteiger partial charge in [0.05, 0.1) is 18.3 Å². The number of anilines is 1. The van der Waals surface area contributed by atoms with Crippen molar-refractivity contribution in [3.63, 3.8) is 0 Å². The molecule has 0 saturated heterocycles. The van der Waals surface area contributed by atoms with Gasteiger partial charge in [-0.2, -0.15) is 13.2 Å². The third-order valence-electron chi connectivity index (χ3n) is 2.89. The predicted molar refractivity (Wildman–Crippen MR) is 66.9 cm³/mol. The summed E-state index contributed by atoms with van der Waals surface area (Å²) in [6.45, 7) is 1.43. The van der Waals surface area contributed by atoms with Crippen LogP contribution < -0.4 is 4.90 Å². The molecule has 0 aliphatic heterocycles. The van der Waals surface area contributed by atoms with E-state index in [-0.39, 0.29) is 5.56 Å². The lowest BCUT2D eigenvalue weighted by molar-refractivity contribution is -0.138. The summed E-state index contributed by atoms with van der Waals surface area (Å²) in [7, 11) is 1.66. The van der Waals surface area contributed by atoms with Gasteiger partial charge in [0.1, 0.15) is 0 Å². The Bertz CT molecular complexity index is 419. The highest BCUT2D eigenvalue weighted by Gasteiger charge is 2.33. The Hall–Kier alpha value is -1.27. The molecule has 0 aliphatic carbocycles. The van der Waals surface area contributed by atoms with Gasteiger partial charge in [-0.25, -0.2) is 0 Å². The lowest BCUT2D eigenvalue weighted by Gasteiger charge is -2.22. The van der Waals surface area contributed by atoms with E-state index < -0.39 is 24.5 Å². The molecule has 6 heteroatoms. The van der Waals surface area contributed by atoms with Crippen molar-refractivity contribution in [3.8, 4) is 0 Å². The highest BCUT2D eigenvalue weighted by Crippen LogP contribution is 2.34. The lowest BCUT2D eigenvalue weighted by atomic mass is 10.1. The van der Waals surface area contributed by atoms with Gasteiger partial charge in [0.2, 0.25) is 0 Å². The molecule has 1 aromatic carbocycles. The Morgan fingerprint density at radius 2 is 1.95 bits per heavy atom. The molecule has 108 valence electrons. The molecule has 0 aromatic heterocycles. The third-order valence-corrected chi connectivity index (χ3v) is 2.89. The van der Waals surface area contributed by atoms with Crippen molar-refractivity contribution in [2.75, 3.05) is 18.5 Å². The highest BCUT2D eigenvalue weighted by molar-refractivity contribution is 5.51. The molecule has 19 heavy (non-hydrogen) atoms. The number of halogens is 3. The second kappa shape index (κ2) is 6.25. The second-order valence-electron chi connectivity index (χ2n) is 4.56. The van der Waals surface area contributed by atoms with Gasteiger partial charge in [-0.15, -0.1) is 0 Å². The molecule has 3 nitrogen and oxygen atoms in total. The van der Waals surface area contributed by atoms with Crippen LogP contribution >= 0.6 is 0 Å². The van der Waals surface area contributed by atoms with Crippen molar-refractivity contribution in [1.29, 1.82) is 0 Å². The van der Waals surface area contributed by atoms with Gasteiger partial charge >= 0.3 is 6.18 Å². The van der Waals surface area contributed by atoms with Gasteiger partial charge in [0, 0.05) is 19.3 Å². The number of aliphatic hydroxyl groups excluding tert-OH is 2. The molecule has 0 bridgehead atoms. The summed E-state index contributed by atoms with van der Waals surface area (Å²) in [5.41, 5.74) is -0.554. The zero-order chi connectivity index (χ0) is 14.6. The SMILES string of the molecule is CC(O)CCN(C)c1ccc(CO)c(C(F)(F)F)c1. The van der Waals surface area contributed by atoms with Crippen LogP contribution in [-0.2, 0) is 12.8 Å². The van der Waals surface area contributed by atoms with Crippen LogP contribution in [0, 0.1) is 0 Å². The molecule has 0 aliphatic rings. The highest BCUT2D eigenvalue weighted by atomic mass is 19.4. The van der Waals surface area contributed by atoms with E-state index in [0.717, 1.165) is 6.07 Å². The summed E-state index contributed by atoms with van der Waals surface area (Å²) in [6, 6.07) is 3.83. The topological polar surface area (TPSA) is 43.7 Å². The zero-order valence-electron chi connectivity index (χ0n) is 10.9. The van der Waals surface area contributed by atoms with Gasteiger partial charge in [0.25, 0.3) is 0 Å². The standard InChI is InChI=1S/C13H18F3NO2/c1-9(19)5-6-17(2)11-4-3-10(8-18)12(7-11)13(14,15)16/h3-4,7,9,18-19H,5-6,8H2,1-2H3. The number of hydrogen-bond donors (Lipinski definition) is 2. The van der Waals surface area contributed by atoms with Gasteiger partial charge in [-0.3, -0.25) is 0 Å². The average molecular weight is 277 g/mol. The smallest absolute Gasteiger partial charge is 0.393 e. The summed E-state index contributed by atoms with van der Waals surface area (Å²) in [6.07, 6.45) is -4.51. The van der Waals surface area contributed by atoms with Gasteiger partial charge in [-0.1, -0.05) is 6.07 Å². The van der Waals surface area contributed by atoms with Crippen LogP contribution in [0.25, 0.3) is 0 Å². The van der Waals surface area contributed by atoms with Crippen molar-refractivity contribution in [1.82, 2.24) is 0 Å². The molecule has 0 spiro atoms. The summed E-state index contributed by atoms with van der Waals surface area (Å²) in [5, 5.41) is 18.1. The molecule has 0 heterocycles. The maximum Gasteiger partial charge on any atom is 0.416 e. The summed E-state index contributed by atoms with van der Waals surface area (Å²) < 4.78 is 38.5. The second-order valence-corrected chi connectivity index (χ2v) is 4.56. The molecular weight excluding hydrogens is 259 g/mol. The minimum atomic E-state index is -4.49. The first-order valence-corrected chi connectivity index (χ1v) is 5.96. The van der Waals surface area contributed by atoms with Crippen molar-refractivity contribution in [2.45, 2.75) is 32.2 Å². The fraction of sp³-hybridized carbons (Fsp3) is 0.538. The van der Waals surface area contributed by atoms with Crippen LogP contribution in [-0.4, -0.2) is 29.9 Å². The number of nitrogens with zero attached hydrogens (tertiary/aromatic N) is 1. The van der Waals surface area contributed by atoms with E-state index >= 15 is 0 Å². The van der Waals surface area contributed by atoms with Crippen molar-refractivity contribution in [3.05, 3.63) is 29.3 Å². The van der Waals surface area contributed by atoms with E-state index in [9.17, 15) is 18.3 Å². The van der Waals surface area contributed by atoms with Crippen molar-refractivity contribution in [2.24, 2.45) is 0 Å². The minimum Gasteiger partial charge on any atom is -0.393 e. The lowest BCUT2D eigenvalue weighted by Crippen LogP contribution is -2.22. The fourth-order valence-electron chi connectivity index (χ4n) is 1.71. The Morgan fingerprint density at radius 1 is 1.32 bits per heavy atom. The van der Waals surface area contributed by atoms with Crippen LogP contribution in [0.2, 0.25) is 0 Å². The molecular formula is C13H18F3NO2. The first kappa shape index (κ1) is 15.8. The normalized spacial score (nSPS) is 13.4. The summed E-state index contributed by atoms with van der Waals surface area (Å²) in [4.78, 5) is 1.64. The van der Waals surface area contributed by atoms with Crippen LogP contribution in [0.4, 0.5) is 18.9 Å². The molecule has 0 fully saturated rings. The van der Waals surface area contributed by atoms with Crippen LogP contribution in [0.5, 0.6) is 0 Å². The molecule has 0 radical (unpaired) electrons. The molecule has 2 N–H and O–H groups in total. The third kappa shape index (κ3) is 4.40. The maximum atomic E-state index is 12.8. The molecule has 1 rings (SSSR count). The maximum absolute atomic E-state index is 12.8. The number of benzene rings is 1. The van der Waals surface area contributed by atoms with Gasteiger partial charge < -0.3 is 15.1 Å². The number of aliphatic hydroxyl groups is 2. The van der Waals surface area contributed by atoms with Gasteiger partial charge in [0.15, 0.2) is 0 Å². The Morgan fingerprint density at radius 3 is 2.42 bits per heavy atom. The van der Waals surface area contributed by atoms with E-state index in [1.54, 1.807) is 18.9 Å². The molecule has 0 amide bonds. The van der Waals surface area contributed by atoms with E-state index in [0.29, 0.717) is 18.7 Å². The van der Waals surface area contributed by atoms with E-state index in [1.165, 1.54) is 12.1 Å². The molecule has 1 unspecified atom stereocenters. The molecule has 0 saturated carbocycles. The molecule has 1 aromatic rings.